The van der Waals surface area contributed by atoms with E-state index in [4.69, 9.17) is 44.3 Å². The maximum atomic E-state index is 13.3. The molecule has 1 heterocycles. The number of benzene rings is 4. The largest absolute Gasteiger partial charge is 0.490 e. The van der Waals surface area contributed by atoms with Crippen LogP contribution in [0.5, 0.6) is 11.5 Å². The third-order valence-corrected chi connectivity index (χ3v) is 7.20. The molecule has 10 heteroatoms. The number of fused-ring (bicyclic) bond motifs is 1. The minimum atomic E-state index is -0.658. The molecule has 0 aliphatic carbocycles. The van der Waals surface area contributed by atoms with E-state index >= 15 is 0 Å². The molecular formula is C32H24Cl3N3O4. The lowest BCUT2D eigenvalue weighted by Gasteiger charge is -2.12. The molecule has 7 nitrogen and oxygen atoms in total. The average molecular weight is 621 g/mol. The van der Waals surface area contributed by atoms with Crippen LogP contribution in [0.25, 0.3) is 22.0 Å². The number of hydrogen-bond donors (Lipinski definition) is 2. The Balaban J connectivity index is 1.38. The van der Waals surface area contributed by atoms with Crippen LogP contribution in [0.3, 0.4) is 0 Å². The lowest BCUT2D eigenvalue weighted by atomic mass is 10.0. The number of aromatic amines is 1. The minimum Gasteiger partial charge on any atom is -0.490 e. The van der Waals surface area contributed by atoms with E-state index in [0.717, 1.165) is 22.0 Å². The van der Waals surface area contributed by atoms with E-state index in [9.17, 15) is 9.59 Å². The first kappa shape index (κ1) is 29.2. The molecule has 0 saturated heterocycles. The molecule has 2 N–H and O–H groups in total. The topological polar surface area (TPSA) is 92.8 Å². The Morgan fingerprint density at radius 1 is 0.929 bits per heavy atom. The van der Waals surface area contributed by atoms with E-state index < -0.39 is 11.9 Å². The highest BCUT2D eigenvalue weighted by Crippen LogP contribution is 2.37. The summed E-state index contributed by atoms with van der Waals surface area (Å²) in [6, 6.07) is 22.7. The van der Waals surface area contributed by atoms with Gasteiger partial charge in [0, 0.05) is 32.1 Å². The maximum absolute atomic E-state index is 13.3. The minimum absolute atomic E-state index is 0.167. The number of halogens is 3. The van der Waals surface area contributed by atoms with E-state index in [1.807, 2.05) is 43.3 Å². The second-order valence-electron chi connectivity index (χ2n) is 9.26. The number of hydrogen-bond acceptors (Lipinski definition) is 5. The van der Waals surface area contributed by atoms with Gasteiger partial charge in [0.05, 0.1) is 23.4 Å². The third kappa shape index (κ3) is 6.29. The van der Waals surface area contributed by atoms with Crippen molar-refractivity contribution in [3.63, 3.8) is 0 Å². The molecule has 0 aliphatic heterocycles. The molecule has 0 aliphatic rings. The molecule has 1 amide bonds. The Morgan fingerprint density at radius 3 is 2.50 bits per heavy atom. The average Bonchev–Trinajstić information content (AvgIpc) is 3.33. The van der Waals surface area contributed by atoms with Gasteiger partial charge in [0.25, 0.3) is 5.91 Å². The van der Waals surface area contributed by atoms with E-state index in [0.29, 0.717) is 39.2 Å². The van der Waals surface area contributed by atoms with Crippen LogP contribution in [0, 0.1) is 6.92 Å². The maximum Gasteiger partial charge on any atom is 0.345 e. The molecule has 5 aromatic rings. The van der Waals surface area contributed by atoms with Crippen LogP contribution < -0.4 is 14.9 Å². The first-order valence-corrected chi connectivity index (χ1v) is 14.0. The van der Waals surface area contributed by atoms with Crippen molar-refractivity contribution >= 4 is 63.8 Å². The normalized spacial score (nSPS) is 11.2. The zero-order valence-corrected chi connectivity index (χ0v) is 24.8. The summed E-state index contributed by atoms with van der Waals surface area (Å²) in [5.74, 6) is -0.579. The van der Waals surface area contributed by atoms with Gasteiger partial charge >= 0.3 is 5.97 Å². The second kappa shape index (κ2) is 12.7. The Hall–Kier alpha value is -4.30. The zero-order valence-electron chi connectivity index (χ0n) is 22.5. The summed E-state index contributed by atoms with van der Waals surface area (Å²) in [5.41, 5.74) is 6.96. The van der Waals surface area contributed by atoms with Crippen molar-refractivity contribution in [2.45, 2.75) is 13.8 Å². The molecular weight excluding hydrogens is 597 g/mol. The van der Waals surface area contributed by atoms with Gasteiger partial charge in [0.2, 0.25) is 0 Å². The molecule has 0 fully saturated rings. The number of aromatic nitrogens is 1. The fraction of sp³-hybridized carbons (Fsp3) is 0.0938. The molecule has 0 radical (unpaired) electrons. The summed E-state index contributed by atoms with van der Waals surface area (Å²) < 4.78 is 11.2. The lowest BCUT2D eigenvalue weighted by Crippen LogP contribution is -2.19. The van der Waals surface area contributed by atoms with Gasteiger partial charge in [0.15, 0.2) is 11.5 Å². The van der Waals surface area contributed by atoms with Crippen LogP contribution in [-0.4, -0.2) is 29.7 Å². The zero-order chi connectivity index (χ0) is 29.8. The summed E-state index contributed by atoms with van der Waals surface area (Å²) in [6.07, 6.45) is 1.46. The molecule has 0 saturated carbocycles. The summed E-state index contributed by atoms with van der Waals surface area (Å²) in [7, 11) is 0. The number of H-pyrrole nitrogens is 1. The van der Waals surface area contributed by atoms with Gasteiger partial charge in [0.1, 0.15) is 5.69 Å². The molecule has 0 bridgehead atoms. The predicted octanol–water partition coefficient (Wildman–Crippen LogP) is 8.49. The number of aryl methyl sites for hydroxylation is 1. The molecule has 212 valence electrons. The quantitative estimate of drug-likeness (QED) is 0.0787. The Labute approximate surface area is 257 Å². The van der Waals surface area contributed by atoms with Gasteiger partial charge in [-0.05, 0) is 74.0 Å². The molecule has 1 aromatic heterocycles. The van der Waals surface area contributed by atoms with E-state index in [1.165, 1.54) is 18.3 Å². The van der Waals surface area contributed by atoms with E-state index in [2.05, 4.69) is 15.5 Å². The summed E-state index contributed by atoms with van der Waals surface area (Å²) in [5, 5.41) is 6.14. The van der Waals surface area contributed by atoms with Crippen LogP contribution in [0.1, 0.15) is 38.9 Å². The first-order valence-electron chi connectivity index (χ1n) is 12.9. The van der Waals surface area contributed by atoms with Gasteiger partial charge in [-0.1, -0.05) is 64.6 Å². The van der Waals surface area contributed by atoms with Gasteiger partial charge < -0.3 is 14.5 Å². The second-order valence-corrected chi connectivity index (χ2v) is 10.5. The van der Waals surface area contributed by atoms with Gasteiger partial charge in [-0.3, -0.25) is 4.79 Å². The number of esters is 1. The lowest BCUT2D eigenvalue weighted by molar-refractivity contribution is 0.0728. The monoisotopic (exact) mass is 619 g/mol. The number of nitrogens with zero attached hydrogens (tertiary/aromatic N) is 1. The van der Waals surface area contributed by atoms with Crippen molar-refractivity contribution in [1.82, 2.24) is 10.4 Å². The van der Waals surface area contributed by atoms with Gasteiger partial charge in [-0.2, -0.15) is 5.10 Å². The standard InChI is InChI=1S/C32H24Cl3N3O4/c1-3-41-28-15-19(9-13-27(28)42-32(40)22-11-10-20(33)16-25(22)35)17-36-38-31(39)30-29(21-6-4-5-7-24(21)34)23-14-18(2)8-12-26(23)37-30/h4-17,37H,3H2,1-2H3,(H,38,39). The van der Waals surface area contributed by atoms with Crippen LogP contribution >= 0.6 is 34.8 Å². The molecule has 0 unspecified atom stereocenters. The van der Waals surface area contributed by atoms with Crippen LogP contribution in [0.4, 0.5) is 0 Å². The highest BCUT2D eigenvalue weighted by molar-refractivity contribution is 6.36. The molecule has 4 aromatic carbocycles. The van der Waals surface area contributed by atoms with Crippen molar-refractivity contribution in [2.24, 2.45) is 5.10 Å². The number of ether oxygens (including phenoxy) is 2. The highest BCUT2D eigenvalue weighted by Gasteiger charge is 2.21. The third-order valence-electron chi connectivity index (χ3n) is 6.33. The van der Waals surface area contributed by atoms with Gasteiger partial charge in [-0.15, -0.1) is 0 Å². The van der Waals surface area contributed by atoms with Crippen molar-refractivity contribution < 1.29 is 19.1 Å². The smallest absolute Gasteiger partial charge is 0.345 e. The Kier molecular flexibility index (Phi) is 8.83. The van der Waals surface area contributed by atoms with Crippen LogP contribution in [0.2, 0.25) is 15.1 Å². The summed E-state index contributed by atoms with van der Waals surface area (Å²) >= 11 is 18.6. The number of amides is 1. The van der Waals surface area contributed by atoms with Crippen LogP contribution in [-0.2, 0) is 0 Å². The fourth-order valence-corrected chi connectivity index (χ4v) is 5.12. The molecule has 42 heavy (non-hydrogen) atoms. The Morgan fingerprint density at radius 2 is 1.74 bits per heavy atom. The van der Waals surface area contributed by atoms with Crippen molar-refractivity contribution in [3.05, 3.63) is 116 Å². The van der Waals surface area contributed by atoms with E-state index in [1.54, 1.807) is 37.3 Å². The summed E-state index contributed by atoms with van der Waals surface area (Å²) in [4.78, 5) is 29.2. The number of hydrazone groups is 1. The summed E-state index contributed by atoms with van der Waals surface area (Å²) in [6.45, 7) is 4.12. The van der Waals surface area contributed by atoms with Crippen molar-refractivity contribution in [2.75, 3.05) is 6.61 Å². The molecule has 0 spiro atoms. The SMILES string of the molecule is CCOc1cc(C=NNC(=O)c2[nH]c3ccc(C)cc3c2-c2ccccc2Cl)ccc1OC(=O)c1ccc(Cl)cc1Cl. The number of carbonyl (C=O) groups excluding carboxylic acids is 2. The predicted molar refractivity (Wildman–Crippen MR) is 168 cm³/mol. The Bertz CT molecular complexity index is 1850. The van der Waals surface area contributed by atoms with E-state index in [-0.39, 0.29) is 16.3 Å². The number of nitrogens with one attached hydrogen (secondary N) is 2. The van der Waals surface area contributed by atoms with Crippen LogP contribution in [0.15, 0.2) is 84.0 Å². The van der Waals surface area contributed by atoms with Crippen molar-refractivity contribution in [3.8, 4) is 22.6 Å². The number of carbonyl (C=O) groups is 2. The first-order chi connectivity index (χ1) is 20.2. The van der Waals surface area contributed by atoms with Crippen molar-refractivity contribution in [1.29, 1.82) is 0 Å². The highest BCUT2D eigenvalue weighted by atomic mass is 35.5. The fourth-order valence-electron chi connectivity index (χ4n) is 4.41. The molecule has 0 atom stereocenters. The van der Waals surface area contributed by atoms with Gasteiger partial charge in [-0.25, -0.2) is 10.2 Å². The molecule has 5 rings (SSSR count). The number of rotatable bonds is 8.